The minimum atomic E-state index is 0.152. The second-order valence-electron chi connectivity index (χ2n) is 10.9. The fraction of sp³-hybridized carbons (Fsp3) is 0.923. The van der Waals surface area contributed by atoms with Crippen LogP contribution in [0.4, 0.5) is 0 Å². The van der Waals surface area contributed by atoms with Crippen LogP contribution >= 0.6 is 0 Å². The fourth-order valence-electron chi connectivity index (χ4n) is 6.63. The van der Waals surface area contributed by atoms with Crippen LogP contribution in [0, 0.1) is 5.41 Å². The Bertz CT molecular complexity index is 577. The van der Waals surface area contributed by atoms with Crippen LogP contribution < -0.4 is 11.1 Å². The highest BCUT2D eigenvalue weighted by Gasteiger charge is 2.37. The minimum absolute atomic E-state index is 0.152. The Morgan fingerprint density at radius 2 is 1.09 bits per heavy atom. The zero-order chi connectivity index (χ0) is 22.2. The predicted octanol–water partition coefficient (Wildman–Crippen LogP) is 5.68. The van der Waals surface area contributed by atoms with E-state index in [1.807, 2.05) is 0 Å². The molecule has 182 valence electrons. The molecule has 0 aromatic rings. The van der Waals surface area contributed by atoms with Gasteiger partial charge in [-0.1, -0.05) is 77.0 Å². The first-order chi connectivity index (χ1) is 15.7. The zero-order valence-electron chi connectivity index (χ0n) is 20.4. The Kier molecular flexibility index (Phi) is 9.12. The molecule has 0 aromatic carbocycles. The van der Waals surface area contributed by atoms with E-state index in [0.717, 1.165) is 5.96 Å². The van der Waals surface area contributed by atoms with Crippen LogP contribution in [0.15, 0.2) is 4.99 Å². The molecule has 6 nitrogen and oxygen atoms in total. The number of guanidine groups is 2. The summed E-state index contributed by atoms with van der Waals surface area (Å²) in [5, 5.41) is 17.2. The maximum Gasteiger partial charge on any atom is 0.216 e. The van der Waals surface area contributed by atoms with Crippen molar-refractivity contribution in [3.05, 3.63) is 0 Å². The second-order valence-corrected chi connectivity index (χ2v) is 10.9. The van der Waals surface area contributed by atoms with Crippen molar-refractivity contribution in [1.29, 1.82) is 5.41 Å². The van der Waals surface area contributed by atoms with Gasteiger partial charge in [-0.05, 0) is 51.4 Å². The Morgan fingerprint density at radius 1 is 0.656 bits per heavy atom. The number of hydrogen-bond acceptors (Lipinski definition) is 3. The number of aliphatic imine (C=N–C) groups is 1. The van der Waals surface area contributed by atoms with Crippen LogP contribution in [-0.2, 0) is 0 Å². The van der Waals surface area contributed by atoms with Gasteiger partial charge in [-0.3, -0.25) is 5.41 Å². The Labute approximate surface area is 196 Å². The number of hydrazine groups is 1. The highest BCUT2D eigenvalue weighted by atomic mass is 15.7. The summed E-state index contributed by atoms with van der Waals surface area (Å²) in [4.78, 5) is 5.33. The largest absolute Gasteiger partial charge is 0.369 e. The number of nitrogens with two attached hydrogens (primary N) is 1. The van der Waals surface area contributed by atoms with Crippen molar-refractivity contribution in [2.75, 3.05) is 0 Å². The molecule has 0 atom stereocenters. The first-order valence-electron chi connectivity index (χ1n) is 14.0. The maximum absolute atomic E-state index is 8.73. The van der Waals surface area contributed by atoms with Crippen molar-refractivity contribution < 1.29 is 0 Å². The van der Waals surface area contributed by atoms with Gasteiger partial charge < -0.3 is 11.1 Å². The molecular weight excluding hydrogens is 396 g/mol. The Balaban J connectivity index is 1.64. The molecule has 4 rings (SSSR count). The molecule has 0 heterocycles. The van der Waals surface area contributed by atoms with Gasteiger partial charge in [0.25, 0.3) is 0 Å². The third-order valence-corrected chi connectivity index (χ3v) is 8.38. The standard InChI is InChI=1S/C26H48N6/c27-25(28)32(31(23-17-9-3-10-18-23)24-19-11-4-12-20-24)26(29-21-13-5-1-6-14-21)30-22-15-7-2-8-16-22/h21-24H,1-20H2,(H3,27,28)(H,29,30). The second kappa shape index (κ2) is 12.2. The minimum Gasteiger partial charge on any atom is -0.369 e. The fourth-order valence-corrected chi connectivity index (χ4v) is 6.63. The number of hydrogen-bond donors (Lipinski definition) is 3. The molecule has 0 unspecified atom stereocenters. The van der Waals surface area contributed by atoms with Crippen molar-refractivity contribution in [3.8, 4) is 0 Å². The molecule has 4 saturated carbocycles. The van der Waals surface area contributed by atoms with Crippen LogP contribution in [-0.4, -0.2) is 46.1 Å². The normalized spacial score (nSPS) is 25.7. The van der Waals surface area contributed by atoms with E-state index in [1.54, 1.807) is 0 Å². The first kappa shape index (κ1) is 23.8. The van der Waals surface area contributed by atoms with Gasteiger partial charge in [-0.15, -0.1) is 0 Å². The molecule has 0 bridgehead atoms. The molecule has 4 N–H and O–H groups in total. The lowest BCUT2D eigenvalue weighted by Gasteiger charge is -2.48. The molecule has 4 aliphatic carbocycles. The van der Waals surface area contributed by atoms with Crippen LogP contribution in [0.25, 0.3) is 0 Å². The topological polar surface area (TPSA) is 80.7 Å². The van der Waals surface area contributed by atoms with E-state index in [2.05, 4.69) is 15.3 Å². The average molecular weight is 445 g/mol. The van der Waals surface area contributed by atoms with E-state index in [-0.39, 0.29) is 5.96 Å². The Morgan fingerprint density at radius 3 is 1.56 bits per heavy atom. The van der Waals surface area contributed by atoms with E-state index < -0.39 is 0 Å². The summed E-state index contributed by atoms with van der Waals surface area (Å²) in [6.07, 6.45) is 25.4. The molecular formula is C26H48N6. The van der Waals surface area contributed by atoms with Crippen molar-refractivity contribution in [2.24, 2.45) is 10.7 Å². The molecule has 6 heteroatoms. The summed E-state index contributed by atoms with van der Waals surface area (Å²) < 4.78 is 0. The van der Waals surface area contributed by atoms with E-state index in [9.17, 15) is 0 Å². The SMILES string of the molecule is N=C(N)N(C(=NC1CCCCC1)NC1CCCCC1)N(C1CCCCC1)C1CCCCC1. The van der Waals surface area contributed by atoms with E-state index in [0.29, 0.717) is 24.2 Å². The molecule has 0 radical (unpaired) electrons. The van der Waals surface area contributed by atoms with Crippen molar-refractivity contribution in [2.45, 2.75) is 153 Å². The summed E-state index contributed by atoms with van der Waals surface area (Å²) in [6.45, 7) is 0. The van der Waals surface area contributed by atoms with Gasteiger partial charge in [0.1, 0.15) is 0 Å². The number of nitrogens with one attached hydrogen (secondary N) is 2. The van der Waals surface area contributed by atoms with E-state index in [4.69, 9.17) is 16.1 Å². The third kappa shape index (κ3) is 6.39. The molecule has 0 aromatic heterocycles. The molecule has 4 aliphatic rings. The van der Waals surface area contributed by atoms with Crippen LogP contribution in [0.2, 0.25) is 0 Å². The Hall–Kier alpha value is -1.30. The van der Waals surface area contributed by atoms with Gasteiger partial charge in [-0.2, -0.15) is 0 Å². The highest BCUT2D eigenvalue weighted by Crippen LogP contribution is 2.32. The predicted molar refractivity (Wildman–Crippen MR) is 134 cm³/mol. The van der Waals surface area contributed by atoms with Crippen molar-refractivity contribution in [3.63, 3.8) is 0 Å². The summed E-state index contributed by atoms with van der Waals surface area (Å²) in [6, 6.07) is 1.81. The van der Waals surface area contributed by atoms with Crippen molar-refractivity contribution >= 4 is 11.9 Å². The lowest BCUT2D eigenvalue weighted by Crippen LogP contribution is -2.64. The van der Waals surface area contributed by atoms with E-state index >= 15 is 0 Å². The summed E-state index contributed by atoms with van der Waals surface area (Å²) in [7, 11) is 0. The van der Waals surface area contributed by atoms with Gasteiger partial charge in [0.2, 0.25) is 11.9 Å². The number of rotatable bonds is 5. The van der Waals surface area contributed by atoms with Gasteiger partial charge in [0, 0.05) is 18.1 Å². The maximum atomic E-state index is 8.73. The van der Waals surface area contributed by atoms with Gasteiger partial charge in [0.15, 0.2) is 0 Å². The summed E-state index contributed by atoms with van der Waals surface area (Å²) >= 11 is 0. The molecule has 0 aliphatic heterocycles. The van der Waals surface area contributed by atoms with Gasteiger partial charge >= 0.3 is 0 Å². The molecule has 0 saturated heterocycles. The smallest absolute Gasteiger partial charge is 0.216 e. The summed E-state index contributed by atoms with van der Waals surface area (Å²) in [5.41, 5.74) is 6.41. The number of nitrogens with zero attached hydrogens (tertiary/aromatic N) is 3. The molecule has 32 heavy (non-hydrogen) atoms. The van der Waals surface area contributed by atoms with Gasteiger partial charge in [-0.25, -0.2) is 15.0 Å². The highest BCUT2D eigenvalue weighted by molar-refractivity contribution is 5.96. The van der Waals surface area contributed by atoms with Gasteiger partial charge in [0.05, 0.1) is 6.04 Å². The van der Waals surface area contributed by atoms with Crippen molar-refractivity contribution in [1.82, 2.24) is 15.3 Å². The average Bonchev–Trinajstić information content (AvgIpc) is 2.84. The molecule has 0 spiro atoms. The molecule has 4 fully saturated rings. The molecule has 0 amide bonds. The zero-order valence-corrected chi connectivity index (χ0v) is 20.4. The lowest BCUT2D eigenvalue weighted by molar-refractivity contribution is -0.0273. The van der Waals surface area contributed by atoms with E-state index in [1.165, 1.54) is 128 Å². The quantitative estimate of drug-likeness (QED) is 0.290. The monoisotopic (exact) mass is 444 g/mol. The lowest BCUT2D eigenvalue weighted by atomic mass is 9.90. The van der Waals surface area contributed by atoms with Crippen LogP contribution in [0.5, 0.6) is 0 Å². The van der Waals surface area contributed by atoms with Crippen LogP contribution in [0.1, 0.15) is 128 Å². The van der Waals surface area contributed by atoms with Crippen LogP contribution in [0.3, 0.4) is 0 Å². The first-order valence-corrected chi connectivity index (χ1v) is 14.0. The summed E-state index contributed by atoms with van der Waals surface area (Å²) in [5.74, 6) is 1.05. The third-order valence-electron chi connectivity index (χ3n) is 8.38.